The fraction of sp³-hybridized carbons (Fsp3) is 0.846. The Balaban J connectivity index is 2.09. The highest BCUT2D eigenvalue weighted by Gasteiger charge is 2.43. The molecule has 114 valence electrons. The van der Waals surface area contributed by atoms with Gasteiger partial charge >= 0.3 is 12.0 Å². The van der Waals surface area contributed by atoms with Gasteiger partial charge in [-0.2, -0.15) is 0 Å². The molecule has 2 rings (SSSR count). The van der Waals surface area contributed by atoms with Crippen LogP contribution in [0.5, 0.6) is 0 Å². The molecule has 7 heteroatoms. The Morgan fingerprint density at radius 1 is 1.40 bits per heavy atom. The van der Waals surface area contributed by atoms with E-state index in [9.17, 15) is 14.7 Å². The van der Waals surface area contributed by atoms with Crippen LogP contribution in [-0.4, -0.2) is 77.0 Å². The minimum atomic E-state index is -1.00. The molecule has 0 bridgehead atoms. The molecule has 2 unspecified atom stereocenters. The van der Waals surface area contributed by atoms with E-state index in [-0.39, 0.29) is 31.3 Å². The highest BCUT2D eigenvalue weighted by atomic mass is 16.5. The highest BCUT2D eigenvalue weighted by Crippen LogP contribution is 2.28. The van der Waals surface area contributed by atoms with E-state index in [1.165, 1.54) is 12.0 Å². The molecular formula is C13H22N2O5. The smallest absolute Gasteiger partial charge is 0.326 e. The number of rotatable bonds is 5. The summed E-state index contributed by atoms with van der Waals surface area (Å²) in [6, 6.07) is -1.00. The van der Waals surface area contributed by atoms with E-state index in [0.717, 1.165) is 19.3 Å². The molecule has 1 aliphatic carbocycles. The number of amides is 2. The van der Waals surface area contributed by atoms with Crippen LogP contribution in [0.2, 0.25) is 0 Å². The number of aliphatic carboxylic acids is 1. The van der Waals surface area contributed by atoms with E-state index in [4.69, 9.17) is 9.84 Å². The third-order valence-corrected chi connectivity index (χ3v) is 4.23. The Bertz CT molecular complexity index is 372. The van der Waals surface area contributed by atoms with Gasteiger partial charge in [0.25, 0.3) is 0 Å². The van der Waals surface area contributed by atoms with Gasteiger partial charge in [-0.25, -0.2) is 9.59 Å². The molecule has 20 heavy (non-hydrogen) atoms. The van der Waals surface area contributed by atoms with Crippen LogP contribution in [0.25, 0.3) is 0 Å². The first-order valence-corrected chi connectivity index (χ1v) is 7.02. The largest absolute Gasteiger partial charge is 0.480 e. The van der Waals surface area contributed by atoms with E-state index in [1.54, 1.807) is 4.90 Å². The number of hydrogen-bond donors (Lipinski definition) is 2. The van der Waals surface area contributed by atoms with Crippen LogP contribution in [0.4, 0.5) is 4.79 Å². The van der Waals surface area contributed by atoms with Crippen molar-refractivity contribution < 1.29 is 24.5 Å². The number of carboxylic acids is 1. The lowest BCUT2D eigenvalue weighted by Crippen LogP contribution is -2.54. The molecule has 0 aromatic carbocycles. The molecular weight excluding hydrogens is 264 g/mol. The van der Waals surface area contributed by atoms with Gasteiger partial charge in [0, 0.05) is 32.7 Å². The lowest BCUT2D eigenvalue weighted by Gasteiger charge is -2.40. The Labute approximate surface area is 118 Å². The van der Waals surface area contributed by atoms with Crippen LogP contribution >= 0.6 is 0 Å². The molecule has 1 saturated carbocycles. The molecule has 0 radical (unpaired) electrons. The number of urea groups is 1. The van der Waals surface area contributed by atoms with Crippen LogP contribution in [0.15, 0.2) is 0 Å². The second-order valence-corrected chi connectivity index (χ2v) is 5.38. The second kappa shape index (κ2) is 6.41. The third-order valence-electron chi connectivity index (χ3n) is 4.23. The summed E-state index contributed by atoms with van der Waals surface area (Å²) in [5.74, 6) is -1.00. The van der Waals surface area contributed by atoms with Gasteiger partial charge in [0.05, 0.1) is 12.7 Å². The molecule has 1 aliphatic heterocycles. The molecule has 0 spiro atoms. The first kappa shape index (κ1) is 15.1. The third kappa shape index (κ3) is 2.88. The zero-order valence-electron chi connectivity index (χ0n) is 11.7. The highest BCUT2D eigenvalue weighted by molar-refractivity contribution is 5.83. The molecule has 1 saturated heterocycles. The van der Waals surface area contributed by atoms with E-state index in [1.807, 2.05) is 0 Å². The average molecular weight is 286 g/mol. The Morgan fingerprint density at radius 3 is 2.55 bits per heavy atom. The van der Waals surface area contributed by atoms with Crippen molar-refractivity contribution >= 4 is 12.0 Å². The molecule has 0 aromatic heterocycles. The zero-order valence-corrected chi connectivity index (χ0v) is 11.7. The van der Waals surface area contributed by atoms with Crippen LogP contribution in [0.3, 0.4) is 0 Å². The number of aliphatic hydroxyl groups excluding tert-OH is 1. The predicted molar refractivity (Wildman–Crippen MR) is 70.4 cm³/mol. The summed E-state index contributed by atoms with van der Waals surface area (Å²) < 4.78 is 5.19. The van der Waals surface area contributed by atoms with Crippen molar-refractivity contribution in [1.29, 1.82) is 0 Å². The molecule has 2 aliphatic rings. The fourth-order valence-corrected chi connectivity index (χ4v) is 2.82. The quantitative estimate of drug-likeness (QED) is 0.749. The topological polar surface area (TPSA) is 90.3 Å². The maximum absolute atomic E-state index is 12.6. The lowest BCUT2D eigenvalue weighted by molar-refractivity contribution is -0.141. The molecule has 2 N–H and O–H groups in total. The normalized spacial score (nSPS) is 26.4. The molecule has 0 aromatic rings. The van der Waals surface area contributed by atoms with Gasteiger partial charge < -0.3 is 24.7 Å². The second-order valence-electron chi connectivity index (χ2n) is 5.38. The van der Waals surface area contributed by atoms with Gasteiger partial charge in [-0.05, 0) is 19.3 Å². The van der Waals surface area contributed by atoms with E-state index in [0.29, 0.717) is 13.0 Å². The van der Waals surface area contributed by atoms with Gasteiger partial charge in [0.2, 0.25) is 0 Å². The number of ether oxygens (including phenoxy) is 1. The Kier molecular flexibility index (Phi) is 4.82. The number of nitrogens with zero attached hydrogens (tertiary/aromatic N) is 2. The summed E-state index contributed by atoms with van der Waals surface area (Å²) in [6.45, 7) is 0.437. The lowest BCUT2D eigenvalue weighted by atomic mass is 9.91. The monoisotopic (exact) mass is 286 g/mol. The first-order valence-electron chi connectivity index (χ1n) is 7.02. The van der Waals surface area contributed by atoms with Crippen molar-refractivity contribution in [2.75, 3.05) is 26.8 Å². The number of likely N-dealkylation sites (tertiary alicyclic amines) is 1. The summed E-state index contributed by atoms with van der Waals surface area (Å²) in [7, 11) is 1.52. The van der Waals surface area contributed by atoms with E-state index in [2.05, 4.69) is 0 Å². The van der Waals surface area contributed by atoms with Crippen molar-refractivity contribution in [3.05, 3.63) is 0 Å². The van der Waals surface area contributed by atoms with Crippen molar-refractivity contribution in [3.63, 3.8) is 0 Å². The van der Waals surface area contributed by atoms with Crippen LogP contribution in [-0.2, 0) is 9.53 Å². The van der Waals surface area contributed by atoms with E-state index < -0.39 is 12.0 Å². The molecule has 2 atom stereocenters. The summed E-state index contributed by atoms with van der Waals surface area (Å²) in [6.07, 6.45) is 2.99. The van der Waals surface area contributed by atoms with Gasteiger partial charge in [-0.1, -0.05) is 0 Å². The van der Waals surface area contributed by atoms with Gasteiger partial charge in [-0.3, -0.25) is 0 Å². The van der Waals surface area contributed by atoms with Crippen LogP contribution in [0.1, 0.15) is 25.7 Å². The van der Waals surface area contributed by atoms with Gasteiger partial charge in [-0.15, -0.1) is 0 Å². The molecule has 2 amide bonds. The summed E-state index contributed by atoms with van der Waals surface area (Å²) >= 11 is 0. The predicted octanol–water partition coefficient (Wildman–Crippen LogP) is 0.127. The minimum Gasteiger partial charge on any atom is -0.480 e. The number of hydrogen-bond acceptors (Lipinski definition) is 4. The van der Waals surface area contributed by atoms with Crippen molar-refractivity contribution in [3.8, 4) is 0 Å². The molecule has 7 nitrogen and oxygen atoms in total. The summed E-state index contributed by atoms with van der Waals surface area (Å²) in [5, 5.41) is 18.4. The molecule has 2 fully saturated rings. The zero-order chi connectivity index (χ0) is 14.7. The number of aliphatic hydroxyl groups is 1. The van der Waals surface area contributed by atoms with Crippen molar-refractivity contribution in [1.82, 2.24) is 9.80 Å². The van der Waals surface area contributed by atoms with Crippen molar-refractivity contribution in [2.24, 2.45) is 0 Å². The van der Waals surface area contributed by atoms with E-state index >= 15 is 0 Å². The molecule has 1 heterocycles. The minimum absolute atomic E-state index is 0.110. The van der Waals surface area contributed by atoms with Crippen LogP contribution < -0.4 is 0 Å². The van der Waals surface area contributed by atoms with Crippen LogP contribution in [0, 0.1) is 0 Å². The SMILES string of the molecule is COC1CC(C(=O)O)N(C(=O)N(CCO)C2CCC2)C1. The summed E-state index contributed by atoms with van der Waals surface area (Å²) in [4.78, 5) is 26.8. The number of carboxylic acid groups (broad SMARTS) is 1. The van der Waals surface area contributed by atoms with Crippen molar-refractivity contribution in [2.45, 2.75) is 43.9 Å². The standard InChI is InChI=1S/C13H22N2O5/c1-20-10-7-11(12(17)18)15(8-10)13(19)14(5-6-16)9-3-2-4-9/h9-11,16H,2-8H2,1H3,(H,17,18). The average Bonchev–Trinajstić information content (AvgIpc) is 2.79. The van der Waals surface area contributed by atoms with Gasteiger partial charge in [0.1, 0.15) is 6.04 Å². The number of methoxy groups -OCH3 is 1. The summed E-state index contributed by atoms with van der Waals surface area (Å²) in [5.41, 5.74) is 0. The number of carbonyl (C=O) groups excluding carboxylic acids is 1. The van der Waals surface area contributed by atoms with Gasteiger partial charge in [0.15, 0.2) is 0 Å². The fourth-order valence-electron chi connectivity index (χ4n) is 2.82. The Hall–Kier alpha value is -1.34. The Morgan fingerprint density at radius 2 is 2.10 bits per heavy atom. The maximum atomic E-state index is 12.6. The number of carbonyl (C=O) groups is 2. The first-order chi connectivity index (χ1) is 9.58. The maximum Gasteiger partial charge on any atom is 0.326 e.